The first kappa shape index (κ1) is 30.3. The van der Waals surface area contributed by atoms with Crippen molar-refractivity contribution in [3.8, 4) is 0 Å². The Labute approximate surface area is 196 Å². The van der Waals surface area contributed by atoms with E-state index >= 15 is 0 Å². The number of carbonyl (C=O) groups is 1. The van der Waals surface area contributed by atoms with Gasteiger partial charge in [-0.15, -0.1) is 4.47 Å². The minimum Gasteiger partial charge on any atom is -0.381 e. The molecule has 1 aliphatic heterocycles. The molecule has 0 unspecified atom stereocenters. The summed E-state index contributed by atoms with van der Waals surface area (Å²) in [6, 6.07) is 6.35. The Morgan fingerprint density at radius 3 is 2.28 bits per heavy atom. The van der Waals surface area contributed by atoms with Gasteiger partial charge in [-0.2, -0.15) is 0 Å². The van der Waals surface area contributed by atoms with E-state index in [9.17, 15) is 14.9 Å². The van der Waals surface area contributed by atoms with Gasteiger partial charge >= 0.3 is 0 Å². The molecule has 0 saturated carbocycles. The molecule has 9 nitrogen and oxygen atoms in total. The topological polar surface area (TPSA) is 103 Å². The normalized spacial score (nSPS) is 14.0. The van der Waals surface area contributed by atoms with E-state index in [1.54, 1.807) is 23.7 Å². The summed E-state index contributed by atoms with van der Waals surface area (Å²) in [6.45, 7) is 12.6. The smallest absolute Gasteiger partial charge is 0.269 e. The number of nitrogens with zero attached hydrogens (tertiary/aromatic N) is 2. The average molecular weight is 474 g/mol. The number of benzene rings is 1. The van der Waals surface area contributed by atoms with Gasteiger partial charge in [-0.1, -0.05) is 13.8 Å². The summed E-state index contributed by atoms with van der Waals surface area (Å²) < 4.78 is 12.0. The Bertz CT molecular complexity index is 619. The lowest BCUT2D eigenvalue weighted by Gasteiger charge is -2.28. The van der Waals surface area contributed by atoms with Crippen LogP contribution in [0.15, 0.2) is 29.2 Å². The van der Waals surface area contributed by atoms with Gasteiger partial charge in [0.2, 0.25) is 6.41 Å². The van der Waals surface area contributed by atoms with Gasteiger partial charge in [0.1, 0.15) is 0 Å². The van der Waals surface area contributed by atoms with E-state index in [0.717, 1.165) is 24.2 Å². The van der Waals surface area contributed by atoms with Crippen molar-refractivity contribution in [2.24, 2.45) is 0 Å². The molecular weight excluding hydrogens is 434 g/mol. The Hall–Kier alpha value is -1.72. The van der Waals surface area contributed by atoms with Crippen molar-refractivity contribution in [2.75, 3.05) is 33.4 Å². The third kappa shape index (κ3) is 15.1. The van der Waals surface area contributed by atoms with Crippen LogP contribution in [0, 0.1) is 10.1 Å². The lowest BCUT2D eigenvalue weighted by molar-refractivity contribution is -0.384. The average Bonchev–Trinajstić information content (AvgIpc) is 2.79. The van der Waals surface area contributed by atoms with Gasteiger partial charge in [-0.25, -0.2) is 0 Å². The third-order valence-electron chi connectivity index (χ3n) is 4.05. The van der Waals surface area contributed by atoms with Crippen LogP contribution in [0.2, 0.25) is 0 Å². The van der Waals surface area contributed by atoms with E-state index < -0.39 is 4.92 Å². The molecule has 0 aromatic heterocycles. The summed E-state index contributed by atoms with van der Waals surface area (Å²) in [6.07, 6.45) is 3.19. The number of ether oxygens (including phenoxy) is 2. The second-order valence-corrected chi connectivity index (χ2v) is 8.62. The van der Waals surface area contributed by atoms with Gasteiger partial charge in [0.05, 0.1) is 16.6 Å². The molecule has 1 fully saturated rings. The van der Waals surface area contributed by atoms with Crippen LogP contribution < -0.4 is 5.32 Å². The first-order valence-corrected chi connectivity index (χ1v) is 11.7. The van der Waals surface area contributed by atoms with Crippen molar-refractivity contribution in [2.45, 2.75) is 70.5 Å². The molecule has 0 radical (unpaired) electrons. The van der Waals surface area contributed by atoms with Crippen molar-refractivity contribution >= 4 is 24.0 Å². The van der Waals surface area contributed by atoms with Crippen molar-refractivity contribution in [3.63, 3.8) is 0 Å². The first-order chi connectivity index (χ1) is 15.2. The highest BCUT2D eigenvalue weighted by Gasteiger charge is 2.19. The highest BCUT2D eigenvalue weighted by Crippen LogP contribution is 2.27. The van der Waals surface area contributed by atoms with Crippen LogP contribution >= 0.6 is 11.9 Å². The third-order valence-corrected chi connectivity index (χ3v) is 5.00. The Morgan fingerprint density at radius 1 is 1.25 bits per heavy atom. The second kappa shape index (κ2) is 17.8. The maximum Gasteiger partial charge on any atom is 0.269 e. The van der Waals surface area contributed by atoms with Crippen LogP contribution in [-0.2, 0) is 19.1 Å². The molecule has 1 amide bonds. The highest BCUT2D eigenvalue weighted by atomic mass is 32.2. The monoisotopic (exact) mass is 473 g/mol. The van der Waals surface area contributed by atoms with E-state index in [0.29, 0.717) is 32.7 Å². The van der Waals surface area contributed by atoms with Crippen LogP contribution in [-0.4, -0.2) is 60.9 Å². The van der Waals surface area contributed by atoms with E-state index in [1.165, 1.54) is 24.1 Å². The molecule has 1 N–H and O–H groups in total. The van der Waals surface area contributed by atoms with Crippen molar-refractivity contribution in [1.82, 2.24) is 9.79 Å². The molecular formula is C22H39N3O6S. The number of non-ortho nitro benzene ring substituents is 1. The predicted octanol–water partition coefficient (Wildman–Crippen LogP) is 4.61. The lowest BCUT2D eigenvalue weighted by atomic mass is 10.2. The summed E-state index contributed by atoms with van der Waals surface area (Å²) in [5.41, 5.74) is 0.103. The van der Waals surface area contributed by atoms with Gasteiger partial charge in [0.25, 0.3) is 5.69 Å². The largest absolute Gasteiger partial charge is 0.381 e. The van der Waals surface area contributed by atoms with Gasteiger partial charge < -0.3 is 14.8 Å². The van der Waals surface area contributed by atoms with Crippen LogP contribution in [0.4, 0.5) is 5.69 Å². The fourth-order valence-corrected chi connectivity index (χ4v) is 3.06. The molecule has 1 heterocycles. The zero-order chi connectivity index (χ0) is 24.4. The number of hydroxylamine groups is 1. The molecule has 0 atom stereocenters. The van der Waals surface area contributed by atoms with Gasteiger partial charge in [0, 0.05) is 50.4 Å². The fourth-order valence-electron chi connectivity index (χ4n) is 2.18. The summed E-state index contributed by atoms with van der Waals surface area (Å²) in [7, 11) is 1.71. The quantitative estimate of drug-likeness (QED) is 0.173. The number of nitrogens with one attached hydrogen (secondary N) is 1. The number of hydrogen-bond acceptors (Lipinski definition) is 8. The van der Waals surface area contributed by atoms with Gasteiger partial charge in [0.15, 0.2) is 0 Å². The van der Waals surface area contributed by atoms with Crippen LogP contribution in [0.3, 0.4) is 0 Å². The first-order valence-electron chi connectivity index (χ1n) is 10.9. The maximum absolute atomic E-state index is 10.7. The number of amides is 1. The second-order valence-electron chi connectivity index (χ2n) is 7.56. The van der Waals surface area contributed by atoms with Crippen molar-refractivity contribution < 1.29 is 24.0 Å². The van der Waals surface area contributed by atoms with Gasteiger partial charge in [-0.05, 0) is 64.1 Å². The maximum atomic E-state index is 10.7. The van der Waals surface area contributed by atoms with Crippen LogP contribution in [0.25, 0.3) is 0 Å². The molecule has 10 heteroatoms. The molecule has 0 spiro atoms. The number of carbonyl (C=O) groups excluding carboxylic acids is 1. The van der Waals surface area contributed by atoms with E-state index in [-0.39, 0.29) is 17.4 Å². The van der Waals surface area contributed by atoms with Gasteiger partial charge in [-0.3, -0.25) is 19.7 Å². The number of methoxy groups -OCH3 is 1. The molecule has 2 rings (SSSR count). The Morgan fingerprint density at radius 2 is 1.81 bits per heavy atom. The summed E-state index contributed by atoms with van der Waals surface area (Å²) in [5, 5.41) is 13.3. The summed E-state index contributed by atoms with van der Waals surface area (Å²) in [5.74, 6) is 0. The molecule has 1 aromatic carbocycles. The predicted molar refractivity (Wildman–Crippen MR) is 127 cm³/mol. The molecule has 1 saturated heterocycles. The molecule has 1 aliphatic rings. The minimum absolute atomic E-state index is 0.0417. The number of rotatable bonds is 10. The Kier molecular flexibility index (Phi) is 16.8. The van der Waals surface area contributed by atoms with Crippen molar-refractivity contribution in [3.05, 3.63) is 34.4 Å². The molecule has 32 heavy (non-hydrogen) atoms. The number of hydrogen-bond donors (Lipinski definition) is 1. The number of nitro benzene ring substituents is 1. The minimum atomic E-state index is -0.421. The standard InChI is InChI=1S/C15H21N3O5S.C5H12O.C2H6/c19-12-16-8-1-9-17(23-14-6-10-22-11-7-14)24-15-4-2-13(3-5-15)18(20)21;1-5(2,3)6-4;1-2/h2-5,12,14H,1,6-11H2,(H,16,19);1-4H3;1-2H3. The van der Waals surface area contributed by atoms with E-state index in [2.05, 4.69) is 5.32 Å². The fraction of sp³-hybridized carbons (Fsp3) is 0.682. The summed E-state index contributed by atoms with van der Waals surface area (Å²) in [4.78, 5) is 27.5. The van der Waals surface area contributed by atoms with E-state index in [1.807, 2.05) is 34.6 Å². The lowest BCUT2D eigenvalue weighted by Crippen LogP contribution is -2.31. The van der Waals surface area contributed by atoms with Crippen molar-refractivity contribution in [1.29, 1.82) is 0 Å². The zero-order valence-electron chi connectivity index (χ0n) is 20.2. The zero-order valence-corrected chi connectivity index (χ0v) is 21.0. The SMILES string of the molecule is CC.COC(C)(C)C.O=CNCCCN(OC1CCOCC1)Sc1ccc([N+](=O)[O-])cc1. The number of nitro groups is 1. The molecule has 0 bridgehead atoms. The van der Waals surface area contributed by atoms with E-state index in [4.69, 9.17) is 14.3 Å². The molecule has 1 aromatic rings. The van der Waals surface area contributed by atoms with Crippen LogP contribution in [0.5, 0.6) is 0 Å². The summed E-state index contributed by atoms with van der Waals surface area (Å²) >= 11 is 1.39. The Balaban J connectivity index is 0.00000104. The molecule has 0 aliphatic carbocycles. The van der Waals surface area contributed by atoms with Crippen LogP contribution in [0.1, 0.15) is 53.9 Å². The molecule has 184 valence electrons. The highest BCUT2D eigenvalue weighted by molar-refractivity contribution is 7.96.